The van der Waals surface area contributed by atoms with E-state index in [2.05, 4.69) is 19.9 Å². The van der Waals surface area contributed by atoms with Gasteiger partial charge >= 0.3 is 5.95 Å². The first-order chi connectivity index (χ1) is 9.14. The fourth-order valence-electron chi connectivity index (χ4n) is 3.10. The maximum atomic E-state index is 5.82. The summed E-state index contributed by atoms with van der Waals surface area (Å²) in [5, 5.41) is 0. The summed E-state index contributed by atoms with van der Waals surface area (Å²) in [6.45, 7) is 6.10. The average Bonchev–Trinajstić information content (AvgIpc) is 2.58. The van der Waals surface area contributed by atoms with Crippen LogP contribution in [0.1, 0.15) is 20.8 Å². The Morgan fingerprint density at radius 2 is 1.95 bits per heavy atom. The normalized spacial score (nSPS) is 34.8. The van der Waals surface area contributed by atoms with Gasteiger partial charge in [-0.1, -0.05) is 12.2 Å². The van der Waals surface area contributed by atoms with Crippen molar-refractivity contribution < 1.29 is 19.2 Å². The third-order valence-corrected chi connectivity index (χ3v) is 4.20. The molecule has 4 heterocycles. The molecular formula is C15H14O4. The van der Waals surface area contributed by atoms with Crippen molar-refractivity contribution in [1.82, 2.24) is 0 Å². The van der Waals surface area contributed by atoms with E-state index in [9.17, 15) is 0 Å². The summed E-state index contributed by atoms with van der Waals surface area (Å²) in [7, 11) is 0. The summed E-state index contributed by atoms with van der Waals surface area (Å²) in [6, 6.07) is 0. The summed E-state index contributed by atoms with van der Waals surface area (Å²) >= 11 is 0. The lowest BCUT2D eigenvalue weighted by Crippen LogP contribution is -2.54. The maximum Gasteiger partial charge on any atom is 0.323 e. The van der Waals surface area contributed by atoms with Gasteiger partial charge in [-0.3, -0.25) is 4.89 Å². The lowest BCUT2D eigenvalue weighted by molar-refractivity contribution is -0.424. The third-order valence-electron chi connectivity index (χ3n) is 4.20. The van der Waals surface area contributed by atoms with Gasteiger partial charge < -0.3 is 9.47 Å². The molecule has 0 radical (unpaired) electrons. The lowest BCUT2D eigenvalue weighted by atomic mass is 9.74. The molecule has 2 atom stereocenters. The van der Waals surface area contributed by atoms with Gasteiger partial charge in [0.15, 0.2) is 0 Å². The molecule has 5 aliphatic rings. The second-order valence-corrected chi connectivity index (χ2v) is 5.18. The van der Waals surface area contributed by atoms with Gasteiger partial charge in [-0.25, -0.2) is 0 Å². The lowest BCUT2D eigenvalue weighted by Gasteiger charge is -2.45. The van der Waals surface area contributed by atoms with Gasteiger partial charge in [-0.2, -0.15) is 4.89 Å². The molecule has 2 bridgehead atoms. The van der Waals surface area contributed by atoms with E-state index in [0.29, 0.717) is 5.95 Å². The van der Waals surface area contributed by atoms with Crippen LogP contribution < -0.4 is 0 Å². The molecule has 1 saturated heterocycles. The van der Waals surface area contributed by atoms with E-state index >= 15 is 0 Å². The molecule has 4 nitrogen and oxygen atoms in total. The average molecular weight is 258 g/mol. The first kappa shape index (κ1) is 10.9. The monoisotopic (exact) mass is 258 g/mol. The van der Waals surface area contributed by atoms with Crippen LogP contribution >= 0.6 is 0 Å². The van der Waals surface area contributed by atoms with E-state index in [-0.39, 0.29) is 0 Å². The van der Waals surface area contributed by atoms with E-state index in [1.54, 1.807) is 6.26 Å². The summed E-state index contributed by atoms with van der Waals surface area (Å²) in [4.78, 5) is 11.1. The van der Waals surface area contributed by atoms with Crippen LogP contribution in [0, 0.1) is 0 Å². The molecule has 0 aromatic rings. The van der Waals surface area contributed by atoms with Crippen molar-refractivity contribution in [3.05, 3.63) is 58.3 Å². The number of fused-ring (bicyclic) bond motifs is 2. The first-order valence-electron chi connectivity index (χ1n) is 6.31. The molecule has 4 heteroatoms. The Balaban J connectivity index is 2.09. The van der Waals surface area contributed by atoms with Crippen LogP contribution in [0.3, 0.4) is 0 Å². The molecule has 19 heavy (non-hydrogen) atoms. The van der Waals surface area contributed by atoms with E-state index in [1.807, 2.05) is 19.1 Å². The molecule has 0 saturated carbocycles. The Labute approximate surface area is 111 Å². The molecule has 1 aliphatic carbocycles. The Hall–Kier alpha value is -1.94. The molecular weight excluding hydrogens is 244 g/mol. The molecule has 2 unspecified atom stereocenters. The Kier molecular flexibility index (Phi) is 1.92. The van der Waals surface area contributed by atoms with Gasteiger partial charge in [0.25, 0.3) is 6.29 Å². The van der Waals surface area contributed by atoms with Crippen LogP contribution in [0.25, 0.3) is 0 Å². The van der Waals surface area contributed by atoms with E-state index in [4.69, 9.17) is 19.2 Å². The molecule has 4 aliphatic heterocycles. The number of hydrogen-bond acceptors (Lipinski definition) is 4. The molecule has 98 valence electrons. The molecule has 0 aromatic carbocycles. The molecule has 0 amide bonds. The fraction of sp³-hybridized carbons (Fsp3) is 0.333. The van der Waals surface area contributed by atoms with Crippen molar-refractivity contribution in [2.45, 2.75) is 32.7 Å². The van der Waals surface area contributed by atoms with Gasteiger partial charge in [0, 0.05) is 16.7 Å². The minimum Gasteiger partial charge on any atom is -0.459 e. The highest BCUT2D eigenvalue weighted by molar-refractivity contribution is 5.61. The molecule has 1 spiro atoms. The van der Waals surface area contributed by atoms with Crippen LogP contribution in [0.5, 0.6) is 0 Å². The number of allylic oxidation sites excluding steroid dienone is 4. The van der Waals surface area contributed by atoms with Gasteiger partial charge in [-0.05, 0) is 38.0 Å². The third kappa shape index (κ3) is 1.13. The highest BCUT2D eigenvalue weighted by atomic mass is 17.2. The molecule has 0 aromatic heterocycles. The Morgan fingerprint density at radius 1 is 1.11 bits per heavy atom. The predicted molar refractivity (Wildman–Crippen MR) is 67.2 cm³/mol. The largest absolute Gasteiger partial charge is 0.459 e. The SMILES string of the molecule is CC1=CC=C2C=COC3OC4=C(C)C(C)=C1C23OO4. The predicted octanol–water partition coefficient (Wildman–Crippen LogP) is 3.02. The zero-order valence-corrected chi connectivity index (χ0v) is 11.0. The minimum atomic E-state index is -0.821. The Morgan fingerprint density at radius 3 is 2.79 bits per heavy atom. The zero-order valence-electron chi connectivity index (χ0n) is 11.0. The second kappa shape index (κ2) is 3.33. The van der Waals surface area contributed by atoms with Crippen LogP contribution in [-0.2, 0) is 19.2 Å². The van der Waals surface area contributed by atoms with Crippen molar-refractivity contribution in [1.29, 1.82) is 0 Å². The first-order valence-corrected chi connectivity index (χ1v) is 6.31. The summed E-state index contributed by atoms with van der Waals surface area (Å²) in [5.74, 6) is 0.387. The van der Waals surface area contributed by atoms with E-state index in [0.717, 1.165) is 27.9 Å². The summed E-state index contributed by atoms with van der Waals surface area (Å²) in [6.07, 6.45) is 7.11. The number of hydrogen-bond donors (Lipinski definition) is 0. The van der Waals surface area contributed by atoms with Gasteiger partial charge in [0.2, 0.25) is 5.60 Å². The molecule has 1 fully saturated rings. The fourth-order valence-corrected chi connectivity index (χ4v) is 3.10. The topological polar surface area (TPSA) is 36.9 Å². The molecule has 5 rings (SSSR count). The van der Waals surface area contributed by atoms with E-state index < -0.39 is 11.9 Å². The number of rotatable bonds is 0. The highest BCUT2D eigenvalue weighted by Gasteiger charge is 2.59. The van der Waals surface area contributed by atoms with Crippen molar-refractivity contribution >= 4 is 0 Å². The summed E-state index contributed by atoms with van der Waals surface area (Å²) in [5.41, 5.74) is 4.44. The minimum absolute atomic E-state index is 0.387. The van der Waals surface area contributed by atoms with Crippen LogP contribution in [0.15, 0.2) is 58.3 Å². The summed E-state index contributed by atoms with van der Waals surface area (Å²) < 4.78 is 11.4. The second-order valence-electron chi connectivity index (χ2n) is 5.18. The van der Waals surface area contributed by atoms with Crippen molar-refractivity contribution in [2.75, 3.05) is 0 Å². The Bertz CT molecular complexity index is 633. The van der Waals surface area contributed by atoms with Crippen molar-refractivity contribution in [3.63, 3.8) is 0 Å². The molecule has 0 N–H and O–H groups in total. The zero-order chi connectivity index (χ0) is 13.2. The van der Waals surface area contributed by atoms with Gasteiger partial charge in [0.1, 0.15) is 0 Å². The van der Waals surface area contributed by atoms with E-state index in [1.165, 1.54) is 0 Å². The smallest absolute Gasteiger partial charge is 0.323 e. The maximum absolute atomic E-state index is 5.82. The van der Waals surface area contributed by atoms with Crippen LogP contribution in [0.4, 0.5) is 0 Å². The van der Waals surface area contributed by atoms with Crippen LogP contribution in [-0.4, -0.2) is 11.9 Å². The highest BCUT2D eigenvalue weighted by Crippen LogP contribution is 2.52. The van der Waals surface area contributed by atoms with Crippen molar-refractivity contribution in [3.8, 4) is 0 Å². The quantitative estimate of drug-likeness (QED) is 0.626. The van der Waals surface area contributed by atoms with Gasteiger partial charge in [0.05, 0.1) is 6.26 Å². The van der Waals surface area contributed by atoms with Crippen LogP contribution in [0.2, 0.25) is 0 Å². The standard InChI is InChI=1S/C15H14O4/c1-8-4-5-11-6-7-16-14-15(11)12(8)9(2)10(3)13(17-14)18-19-15/h4-7,14H,1-3H3. The van der Waals surface area contributed by atoms with Gasteiger partial charge in [-0.15, -0.1) is 0 Å². The van der Waals surface area contributed by atoms with Crippen molar-refractivity contribution in [2.24, 2.45) is 0 Å². The number of ether oxygens (including phenoxy) is 2.